The molecule has 0 aliphatic heterocycles. The number of ether oxygens (including phenoxy) is 3. The van der Waals surface area contributed by atoms with Gasteiger partial charge in [-0.05, 0) is 76.9 Å². The molecule has 1 amide bonds. The number of hydrogen-bond acceptors (Lipinski definition) is 6. The molecule has 0 saturated heterocycles. The Bertz CT molecular complexity index is 1370. The lowest BCUT2D eigenvalue weighted by molar-refractivity contribution is -0.151. The van der Waals surface area contributed by atoms with Crippen LogP contribution in [0, 0.1) is 0 Å². The molecule has 0 spiro atoms. The molecule has 1 aromatic heterocycles. The Kier molecular flexibility index (Phi) is 10.1. The fourth-order valence-corrected chi connectivity index (χ4v) is 4.37. The number of carbonyl (C=O) groups is 2. The Balaban J connectivity index is 1.28. The molecule has 7 nitrogen and oxygen atoms in total. The van der Waals surface area contributed by atoms with Crippen molar-refractivity contribution in [3.8, 4) is 22.8 Å². The van der Waals surface area contributed by atoms with Crippen LogP contribution in [0.3, 0.4) is 0 Å². The lowest BCUT2D eigenvalue weighted by Crippen LogP contribution is -2.31. The van der Waals surface area contributed by atoms with Crippen molar-refractivity contribution in [1.29, 1.82) is 0 Å². The minimum Gasteiger partial charge on any atom is -0.491 e. The standard InChI is InChI=1S/C31H29BrN2O5/c1-2-37-31(36)29(39-25-8-4-3-5-9-25)21-22-11-16-28(26(32)20-22)38-19-18-34-30(35)24-14-12-23(13-15-24)27-10-6-7-17-33-27/h3-17,20,29H,2,18-19,21H2,1H3,(H,34,35). The molecule has 3 aromatic carbocycles. The van der Waals surface area contributed by atoms with Crippen molar-refractivity contribution in [2.45, 2.75) is 19.4 Å². The van der Waals surface area contributed by atoms with E-state index >= 15 is 0 Å². The smallest absolute Gasteiger partial charge is 0.347 e. The topological polar surface area (TPSA) is 86.8 Å². The average molecular weight is 589 g/mol. The van der Waals surface area contributed by atoms with Gasteiger partial charge in [-0.3, -0.25) is 9.78 Å². The predicted molar refractivity (Wildman–Crippen MR) is 153 cm³/mol. The normalized spacial score (nSPS) is 11.3. The Morgan fingerprint density at radius 3 is 2.41 bits per heavy atom. The molecule has 1 unspecified atom stereocenters. The van der Waals surface area contributed by atoms with E-state index in [2.05, 4.69) is 26.2 Å². The van der Waals surface area contributed by atoms with Gasteiger partial charge >= 0.3 is 5.97 Å². The lowest BCUT2D eigenvalue weighted by atomic mass is 10.1. The van der Waals surface area contributed by atoms with Crippen LogP contribution in [0.1, 0.15) is 22.8 Å². The molecule has 1 heterocycles. The molecule has 1 atom stereocenters. The third-order valence-corrected chi connectivity index (χ3v) is 6.36. The summed E-state index contributed by atoms with van der Waals surface area (Å²) in [6.07, 6.45) is 1.30. The third kappa shape index (κ3) is 8.15. The van der Waals surface area contributed by atoms with Gasteiger partial charge in [-0.1, -0.05) is 42.5 Å². The number of hydrogen-bond donors (Lipinski definition) is 1. The van der Waals surface area contributed by atoms with Crippen molar-refractivity contribution < 1.29 is 23.8 Å². The first-order valence-electron chi connectivity index (χ1n) is 12.6. The number of aromatic nitrogens is 1. The highest BCUT2D eigenvalue weighted by Crippen LogP contribution is 2.27. The Hall–Kier alpha value is -4.17. The first kappa shape index (κ1) is 27.9. The fourth-order valence-electron chi connectivity index (χ4n) is 3.83. The zero-order valence-electron chi connectivity index (χ0n) is 21.5. The van der Waals surface area contributed by atoms with Gasteiger partial charge in [0.2, 0.25) is 0 Å². The maximum Gasteiger partial charge on any atom is 0.347 e. The highest BCUT2D eigenvalue weighted by atomic mass is 79.9. The van der Waals surface area contributed by atoms with E-state index < -0.39 is 12.1 Å². The summed E-state index contributed by atoms with van der Waals surface area (Å²) in [4.78, 5) is 29.3. The number of benzene rings is 3. The maximum absolute atomic E-state index is 12.5. The monoisotopic (exact) mass is 588 g/mol. The zero-order valence-corrected chi connectivity index (χ0v) is 23.1. The largest absolute Gasteiger partial charge is 0.491 e. The Labute approximate surface area is 236 Å². The first-order valence-corrected chi connectivity index (χ1v) is 13.4. The van der Waals surface area contributed by atoms with Crippen molar-refractivity contribution in [3.63, 3.8) is 0 Å². The van der Waals surface area contributed by atoms with Gasteiger partial charge in [0, 0.05) is 23.7 Å². The second kappa shape index (κ2) is 14.1. The number of halogens is 1. The molecule has 0 aliphatic carbocycles. The summed E-state index contributed by atoms with van der Waals surface area (Å²) >= 11 is 3.54. The summed E-state index contributed by atoms with van der Waals surface area (Å²) in [5.41, 5.74) is 3.25. The van der Waals surface area contributed by atoms with Crippen LogP contribution in [-0.4, -0.2) is 42.7 Å². The van der Waals surface area contributed by atoms with Gasteiger partial charge in [0.05, 0.1) is 23.3 Å². The highest BCUT2D eigenvalue weighted by molar-refractivity contribution is 9.10. The van der Waals surface area contributed by atoms with E-state index in [4.69, 9.17) is 14.2 Å². The Morgan fingerprint density at radius 2 is 1.72 bits per heavy atom. The summed E-state index contributed by atoms with van der Waals surface area (Å²) in [7, 11) is 0. The van der Waals surface area contributed by atoms with Gasteiger partial charge in [0.15, 0.2) is 6.10 Å². The van der Waals surface area contributed by atoms with Crippen LogP contribution in [0.5, 0.6) is 11.5 Å². The first-order chi connectivity index (χ1) is 19.0. The third-order valence-electron chi connectivity index (χ3n) is 5.74. The number of rotatable bonds is 12. The van der Waals surface area contributed by atoms with Crippen molar-refractivity contribution >= 4 is 27.8 Å². The second-order valence-electron chi connectivity index (χ2n) is 8.54. The van der Waals surface area contributed by atoms with Crippen LogP contribution >= 0.6 is 15.9 Å². The lowest BCUT2D eigenvalue weighted by Gasteiger charge is -2.18. The van der Waals surface area contributed by atoms with Gasteiger partial charge in [0.25, 0.3) is 5.91 Å². The summed E-state index contributed by atoms with van der Waals surface area (Å²) < 4.78 is 17.7. The van der Waals surface area contributed by atoms with Crippen molar-refractivity contribution in [2.75, 3.05) is 19.8 Å². The molecule has 4 rings (SSSR count). The van der Waals surface area contributed by atoms with Crippen molar-refractivity contribution in [2.24, 2.45) is 0 Å². The number of nitrogens with one attached hydrogen (secondary N) is 1. The van der Waals surface area contributed by atoms with Crippen LogP contribution < -0.4 is 14.8 Å². The number of amides is 1. The van der Waals surface area contributed by atoms with Gasteiger partial charge in [0.1, 0.15) is 18.1 Å². The average Bonchev–Trinajstić information content (AvgIpc) is 2.97. The van der Waals surface area contributed by atoms with E-state index in [0.29, 0.717) is 30.0 Å². The molecule has 0 fully saturated rings. The molecule has 1 N–H and O–H groups in total. The molecule has 0 radical (unpaired) electrons. The van der Waals surface area contributed by atoms with Crippen LogP contribution in [-0.2, 0) is 16.0 Å². The molecule has 0 bridgehead atoms. The van der Waals surface area contributed by atoms with Crippen molar-refractivity contribution in [1.82, 2.24) is 10.3 Å². The van der Waals surface area contributed by atoms with Crippen LogP contribution in [0.2, 0.25) is 0 Å². The maximum atomic E-state index is 12.5. The van der Waals surface area contributed by atoms with Crippen LogP contribution in [0.15, 0.2) is 102 Å². The van der Waals surface area contributed by atoms with Gasteiger partial charge < -0.3 is 19.5 Å². The molecule has 0 saturated carbocycles. The summed E-state index contributed by atoms with van der Waals surface area (Å²) in [6.45, 7) is 2.67. The fraction of sp³-hybridized carbons (Fsp3) is 0.194. The Morgan fingerprint density at radius 1 is 0.949 bits per heavy atom. The van der Waals surface area contributed by atoms with E-state index in [9.17, 15) is 9.59 Å². The molecule has 200 valence electrons. The number of pyridine rings is 1. The molecular formula is C31H29BrN2O5. The molecule has 39 heavy (non-hydrogen) atoms. The van der Waals surface area contributed by atoms with E-state index in [1.54, 1.807) is 37.4 Å². The second-order valence-corrected chi connectivity index (χ2v) is 9.39. The molecule has 4 aromatic rings. The van der Waals surface area contributed by atoms with E-state index in [-0.39, 0.29) is 19.1 Å². The number of carbonyl (C=O) groups excluding carboxylic acids is 2. The number of nitrogens with zero attached hydrogens (tertiary/aromatic N) is 1. The highest BCUT2D eigenvalue weighted by Gasteiger charge is 2.23. The van der Waals surface area contributed by atoms with Crippen LogP contribution in [0.25, 0.3) is 11.3 Å². The van der Waals surface area contributed by atoms with Gasteiger partial charge in [-0.25, -0.2) is 4.79 Å². The number of esters is 1. The SMILES string of the molecule is CCOC(=O)C(Cc1ccc(OCCNC(=O)c2ccc(-c3ccccn3)cc2)c(Br)c1)Oc1ccccc1. The minimum absolute atomic E-state index is 0.177. The minimum atomic E-state index is -0.778. The van der Waals surface area contributed by atoms with Crippen LogP contribution in [0.4, 0.5) is 0 Å². The van der Waals surface area contributed by atoms with Crippen molar-refractivity contribution in [3.05, 3.63) is 113 Å². The molecule has 0 aliphatic rings. The molecular weight excluding hydrogens is 560 g/mol. The zero-order chi connectivity index (χ0) is 27.5. The van der Waals surface area contributed by atoms with E-state index in [1.165, 1.54) is 0 Å². The van der Waals surface area contributed by atoms with Gasteiger partial charge in [-0.15, -0.1) is 0 Å². The summed E-state index contributed by atoms with van der Waals surface area (Å²) in [5.74, 6) is 0.633. The van der Waals surface area contributed by atoms with E-state index in [0.717, 1.165) is 21.3 Å². The molecule has 8 heteroatoms. The number of para-hydroxylation sites is 1. The quantitative estimate of drug-likeness (QED) is 0.164. The summed E-state index contributed by atoms with van der Waals surface area (Å²) in [6, 6.07) is 27.8. The predicted octanol–water partition coefficient (Wildman–Crippen LogP) is 5.87. The summed E-state index contributed by atoms with van der Waals surface area (Å²) in [5, 5.41) is 2.87. The van der Waals surface area contributed by atoms with Gasteiger partial charge in [-0.2, -0.15) is 0 Å². The van der Waals surface area contributed by atoms with E-state index in [1.807, 2.05) is 66.7 Å².